The van der Waals surface area contributed by atoms with Gasteiger partial charge < -0.3 is 9.80 Å². The van der Waals surface area contributed by atoms with Crippen molar-refractivity contribution in [3.05, 3.63) is 274 Å². The van der Waals surface area contributed by atoms with E-state index in [4.69, 9.17) is 11.6 Å². The van der Waals surface area contributed by atoms with E-state index in [0.29, 0.717) is 62.9 Å². The first kappa shape index (κ1) is 88.4. The second kappa shape index (κ2) is 46.0. The number of hydrogen-bond donors (Lipinski definition) is 0. The number of rotatable bonds is 13. The van der Waals surface area contributed by atoms with Crippen molar-refractivity contribution in [2.24, 2.45) is 0 Å². The molecule has 0 N–H and O–H groups in total. The van der Waals surface area contributed by atoms with Crippen LogP contribution < -0.4 is 0 Å². The van der Waals surface area contributed by atoms with Crippen molar-refractivity contribution >= 4 is 43.1 Å². The molecule has 0 unspecified atom stereocenters. The highest BCUT2D eigenvalue weighted by Gasteiger charge is 2.24. The lowest BCUT2D eigenvalue weighted by molar-refractivity contribution is 0.0638. The van der Waals surface area contributed by atoms with Gasteiger partial charge in [0, 0.05) is 87.3 Å². The highest BCUT2D eigenvalue weighted by molar-refractivity contribution is 7.91. The molecule has 7 aromatic heterocycles. The highest BCUT2D eigenvalue weighted by Crippen LogP contribution is 2.20. The molecule has 2 fully saturated rings. The SMILES string of the molecule is C/C=C\Cc1ccccc1.CC(C)c1ccc(C(=O)N2CCC2)nc1.CC(C)c1ccc(S(C)(=O)=O)nc1.CC(C)c1cccc(F)n1.CC(C)c1ccccn1.CC(C)c1ccnc(Cl)c1.CC(C)c1cnc(C(=O)N2CCC2)cn1.CC(C)c1cncc(F)c1.Cc1ccc(S(C)(=O)=O)cc1. The highest BCUT2D eigenvalue weighted by atomic mass is 35.5. The monoisotopic (exact) mass is 1460 g/mol. The van der Waals surface area contributed by atoms with Crippen LogP contribution in [0, 0.1) is 18.7 Å². The molecule has 0 radical (unpaired) electrons. The number of sulfone groups is 2. The molecule has 554 valence electrons. The van der Waals surface area contributed by atoms with Crippen LogP contribution in [0.2, 0.25) is 5.15 Å². The molecule has 0 bridgehead atoms. The van der Waals surface area contributed by atoms with Crippen LogP contribution in [0.1, 0.15) is 230 Å². The summed E-state index contributed by atoms with van der Waals surface area (Å²) in [6.07, 6.45) is 23.0. The maximum absolute atomic E-state index is 12.5. The fourth-order valence-corrected chi connectivity index (χ4v) is 9.94. The Morgan fingerprint density at radius 2 is 1.01 bits per heavy atom. The molecule has 21 heteroatoms. The van der Waals surface area contributed by atoms with Gasteiger partial charge in [-0.25, -0.2) is 41.2 Å². The standard InChI is InChI=1S/C12H16N2O.C11H15N3O.C10H12.C9H13NO2S.C8H10ClN.2C8H10FN.C8H11N.C8H10O2S/c1-9(2)10-4-5-11(13-8-10)12(15)14-6-3-7-14;1-8(2)9-6-13-10(7-12-9)11(15)14-4-3-5-14;1-2-3-7-10-8-5-4-6-9-10;1-7(2)8-4-5-9(10-6-8)13(3,11)12;1-6(2)7-3-4-10-8(9)5-7;1-6(2)7-3-8(9)5-10-4-7;1-6(2)7-4-3-5-8(9)10-7;1-7(2)8-5-3-4-6-9-8;1-7-3-5-8(6-4-7)11(2,9)10/h4-5,8-9H,3,6-7H2,1-2H3;6-8H,3-5H2,1-2H3;2-6,8-9H,7H2,1H3;4-7H,1-3H3;3*3-6H,1-2H3;3-7H,1-2H3;3-6H,1-2H3/b;;3-2-;;;;;;. The summed E-state index contributed by atoms with van der Waals surface area (Å²) in [6.45, 7) is 36.4. The third-order valence-electron chi connectivity index (χ3n) is 15.5. The Morgan fingerprint density at radius 3 is 1.39 bits per heavy atom. The Balaban J connectivity index is 0.000000303. The summed E-state index contributed by atoms with van der Waals surface area (Å²) >= 11 is 5.68. The van der Waals surface area contributed by atoms with Gasteiger partial charge in [-0.2, -0.15) is 4.39 Å². The lowest BCUT2D eigenvalue weighted by Gasteiger charge is -2.30. The summed E-state index contributed by atoms with van der Waals surface area (Å²) < 4.78 is 68.9. The summed E-state index contributed by atoms with van der Waals surface area (Å²) in [5, 5.41) is 0.711. The molecule has 9 heterocycles. The molecule has 0 saturated carbocycles. The number of nitrogens with zero attached hydrogens (tertiary/aromatic N) is 10. The van der Waals surface area contributed by atoms with Gasteiger partial charge in [-0.1, -0.05) is 193 Å². The van der Waals surface area contributed by atoms with Gasteiger partial charge in [0.05, 0.1) is 23.0 Å². The van der Waals surface area contributed by atoms with Crippen LogP contribution >= 0.6 is 11.6 Å². The molecular formula is C82H107ClF2N10O6S2. The third kappa shape index (κ3) is 34.8. The molecule has 2 saturated heterocycles. The lowest BCUT2D eigenvalue weighted by atomic mass is 10.1. The van der Waals surface area contributed by atoms with Gasteiger partial charge >= 0.3 is 0 Å². The van der Waals surface area contributed by atoms with Crippen molar-refractivity contribution in [1.29, 1.82) is 0 Å². The number of amides is 2. The van der Waals surface area contributed by atoms with Crippen molar-refractivity contribution < 1.29 is 35.2 Å². The van der Waals surface area contributed by atoms with Gasteiger partial charge in [0.2, 0.25) is 5.95 Å². The Labute approximate surface area is 618 Å². The Kier molecular flexibility index (Phi) is 39.5. The van der Waals surface area contributed by atoms with Gasteiger partial charge in [-0.3, -0.25) is 29.5 Å². The maximum Gasteiger partial charge on any atom is 0.274 e. The van der Waals surface area contributed by atoms with E-state index in [1.807, 2.05) is 121 Å². The molecule has 0 spiro atoms. The number of halogens is 3. The Hall–Kier alpha value is -8.85. The van der Waals surface area contributed by atoms with Crippen molar-refractivity contribution in [1.82, 2.24) is 49.7 Å². The molecule has 9 aromatic rings. The molecular weight excluding hydrogens is 1360 g/mol. The number of aryl methyl sites for hydroxylation is 1. The molecule has 11 rings (SSSR count). The van der Waals surface area contributed by atoms with Gasteiger partial charge in [0.25, 0.3) is 11.8 Å². The number of aromatic nitrogens is 8. The zero-order valence-corrected chi connectivity index (χ0v) is 65.7. The summed E-state index contributed by atoms with van der Waals surface area (Å²) in [6, 6.07) is 40.7. The minimum absolute atomic E-state index is 0.00376. The first-order chi connectivity index (χ1) is 48.6. The van der Waals surface area contributed by atoms with Gasteiger partial charge in [0.15, 0.2) is 24.7 Å². The van der Waals surface area contributed by atoms with Crippen molar-refractivity contribution in [3.63, 3.8) is 0 Å². The molecule has 0 aliphatic carbocycles. The second-order valence-corrected chi connectivity index (χ2v) is 31.1. The predicted molar refractivity (Wildman–Crippen MR) is 414 cm³/mol. The van der Waals surface area contributed by atoms with Crippen LogP contribution in [0.15, 0.2) is 205 Å². The minimum Gasteiger partial charge on any atom is -0.337 e. The van der Waals surface area contributed by atoms with E-state index >= 15 is 0 Å². The van der Waals surface area contributed by atoms with Crippen LogP contribution in [-0.4, -0.2) is 117 Å². The topological polar surface area (TPSA) is 212 Å². The zero-order chi connectivity index (χ0) is 76.8. The van der Waals surface area contributed by atoms with Crippen molar-refractivity contribution in [2.75, 3.05) is 38.7 Å². The number of carbonyl (C=O) groups is 2. The second-order valence-electron chi connectivity index (χ2n) is 26.7. The molecule has 2 aliphatic heterocycles. The molecule has 0 atom stereocenters. The Bertz CT molecular complexity index is 3970. The predicted octanol–water partition coefficient (Wildman–Crippen LogP) is 19.1. The first-order valence-electron chi connectivity index (χ1n) is 34.8. The number of benzene rings is 2. The fourth-order valence-electron chi connectivity index (χ4n) is 8.57. The molecule has 103 heavy (non-hydrogen) atoms. The number of allylic oxidation sites excluding steroid dienone is 2. The number of likely N-dealkylation sites (tertiary alicyclic amines) is 2. The fraction of sp³-hybridized carbons (Fsp3) is 0.390. The van der Waals surface area contributed by atoms with E-state index in [2.05, 4.69) is 132 Å². The first-order valence-corrected chi connectivity index (χ1v) is 39.0. The lowest BCUT2D eigenvalue weighted by Crippen LogP contribution is -2.42. The molecule has 2 aromatic carbocycles. The number of hydrogen-bond acceptors (Lipinski definition) is 14. The third-order valence-corrected chi connectivity index (χ3v) is 17.9. The average molecular weight is 1470 g/mol. The zero-order valence-electron chi connectivity index (χ0n) is 63.3. The normalized spacial score (nSPS) is 12.1. The van der Waals surface area contributed by atoms with E-state index < -0.39 is 25.6 Å². The summed E-state index contributed by atoms with van der Waals surface area (Å²) in [4.78, 5) is 59.5. The number of pyridine rings is 6. The van der Waals surface area contributed by atoms with Gasteiger partial charge in [0.1, 0.15) is 22.4 Å². The Morgan fingerprint density at radius 1 is 0.476 bits per heavy atom. The minimum atomic E-state index is -3.16. The molecule has 2 aliphatic rings. The molecule has 16 nitrogen and oxygen atoms in total. The average Bonchev–Trinajstić information content (AvgIpc) is 0.851. The van der Waals surface area contributed by atoms with Crippen LogP contribution in [0.25, 0.3) is 0 Å². The van der Waals surface area contributed by atoms with E-state index in [0.717, 1.165) is 85.5 Å². The summed E-state index contributed by atoms with van der Waals surface area (Å²) in [5.74, 6) is 2.33. The van der Waals surface area contributed by atoms with Crippen LogP contribution in [-0.2, 0) is 26.1 Å². The summed E-state index contributed by atoms with van der Waals surface area (Å²) in [5.41, 5.74) is 10.8. The van der Waals surface area contributed by atoms with Crippen molar-refractivity contribution in [3.8, 4) is 0 Å². The number of carbonyl (C=O) groups excluding carboxylic acids is 2. The van der Waals surface area contributed by atoms with Gasteiger partial charge in [-0.05, 0) is 169 Å². The van der Waals surface area contributed by atoms with Crippen LogP contribution in [0.5, 0.6) is 0 Å². The van der Waals surface area contributed by atoms with Crippen LogP contribution in [0.4, 0.5) is 8.78 Å². The maximum atomic E-state index is 12.5. The largest absolute Gasteiger partial charge is 0.337 e. The van der Waals surface area contributed by atoms with E-state index in [1.54, 1.807) is 84.5 Å². The smallest absolute Gasteiger partial charge is 0.274 e. The van der Waals surface area contributed by atoms with E-state index in [1.165, 1.54) is 41.3 Å². The van der Waals surface area contributed by atoms with Crippen molar-refractivity contribution in [2.45, 2.75) is 181 Å². The van der Waals surface area contributed by atoms with Gasteiger partial charge in [-0.15, -0.1) is 0 Å². The van der Waals surface area contributed by atoms with E-state index in [9.17, 15) is 35.2 Å². The molecule has 2 amide bonds. The quantitative estimate of drug-likeness (QED) is 0.0776. The van der Waals surface area contributed by atoms with E-state index in [-0.39, 0.29) is 22.7 Å². The summed E-state index contributed by atoms with van der Waals surface area (Å²) in [7, 11) is -6.18. The van der Waals surface area contributed by atoms with Crippen LogP contribution in [0.3, 0.4) is 0 Å².